The molecule has 0 unspecified atom stereocenters. The van der Waals surface area contributed by atoms with Gasteiger partial charge >= 0.3 is 0 Å². The second-order valence-corrected chi connectivity index (χ2v) is 10.1. The van der Waals surface area contributed by atoms with Gasteiger partial charge in [-0.15, -0.1) is 0 Å². The summed E-state index contributed by atoms with van der Waals surface area (Å²) < 4.78 is 33.4. The Balaban J connectivity index is 1.86. The molecule has 0 bridgehead atoms. The molecule has 174 valence electrons. The summed E-state index contributed by atoms with van der Waals surface area (Å²) in [5.74, 6) is 0.210. The number of hydrogen-bond acceptors (Lipinski definition) is 4. The summed E-state index contributed by atoms with van der Waals surface area (Å²) in [7, 11) is -2.39. The Bertz CT molecular complexity index is 1210. The van der Waals surface area contributed by atoms with Gasteiger partial charge in [-0.2, -0.15) is 4.31 Å². The zero-order chi connectivity index (χ0) is 24.0. The normalized spacial score (nSPS) is 12.4. The number of ether oxygens (including phenoxy) is 1. The van der Waals surface area contributed by atoms with E-state index in [1.54, 1.807) is 55.6 Å². The van der Waals surface area contributed by atoms with Gasteiger partial charge in [0.1, 0.15) is 5.75 Å². The fourth-order valence-electron chi connectivity index (χ4n) is 3.45. The average Bonchev–Trinajstić information content (AvgIpc) is 2.80. The summed E-state index contributed by atoms with van der Waals surface area (Å²) in [6.07, 6.45) is 0. The second-order valence-electron chi connectivity index (χ2n) is 7.71. The molecule has 1 N–H and O–H groups in total. The van der Waals surface area contributed by atoms with Crippen LogP contribution in [0.15, 0.2) is 77.7 Å². The van der Waals surface area contributed by atoms with E-state index < -0.39 is 15.9 Å². The van der Waals surface area contributed by atoms with E-state index in [0.29, 0.717) is 16.3 Å². The van der Waals surface area contributed by atoms with Crippen LogP contribution in [0, 0.1) is 6.92 Å². The van der Waals surface area contributed by atoms with Crippen molar-refractivity contribution in [3.8, 4) is 5.75 Å². The minimum atomic E-state index is -3.95. The highest BCUT2D eigenvalue weighted by Crippen LogP contribution is 2.25. The molecule has 1 atom stereocenters. The fraction of sp³-hybridized carbons (Fsp3) is 0.240. The molecule has 0 heterocycles. The topological polar surface area (TPSA) is 75.7 Å². The van der Waals surface area contributed by atoms with Crippen LogP contribution < -0.4 is 10.1 Å². The van der Waals surface area contributed by atoms with Gasteiger partial charge in [0.2, 0.25) is 15.9 Å². The molecule has 3 rings (SSSR count). The lowest BCUT2D eigenvalue weighted by Crippen LogP contribution is -2.41. The second kappa shape index (κ2) is 10.8. The van der Waals surface area contributed by atoms with E-state index >= 15 is 0 Å². The van der Waals surface area contributed by atoms with E-state index in [4.69, 9.17) is 16.3 Å². The molecule has 0 aliphatic carbocycles. The molecule has 0 spiro atoms. The van der Waals surface area contributed by atoms with Crippen molar-refractivity contribution in [3.05, 3.63) is 94.5 Å². The number of amides is 1. The lowest BCUT2D eigenvalue weighted by molar-refractivity contribution is -0.122. The lowest BCUT2D eigenvalue weighted by atomic mass is 10.1. The number of aryl methyl sites for hydroxylation is 1. The first kappa shape index (κ1) is 24.8. The van der Waals surface area contributed by atoms with Crippen LogP contribution in [-0.4, -0.2) is 32.3 Å². The third kappa shape index (κ3) is 6.13. The quantitative estimate of drug-likeness (QED) is 0.474. The third-order valence-corrected chi connectivity index (χ3v) is 7.44. The first-order valence-electron chi connectivity index (χ1n) is 10.4. The van der Waals surface area contributed by atoms with Gasteiger partial charge in [-0.25, -0.2) is 8.42 Å². The lowest BCUT2D eigenvalue weighted by Gasteiger charge is -2.24. The van der Waals surface area contributed by atoms with E-state index in [1.165, 1.54) is 0 Å². The first-order chi connectivity index (χ1) is 15.7. The van der Waals surface area contributed by atoms with Gasteiger partial charge < -0.3 is 10.1 Å². The number of rotatable bonds is 9. The standard InChI is InChI=1S/C25H27ClN2O4S/c1-18-12-14-21(15-13-18)33(30,31)28(16-20-8-4-6-10-23(20)26)17-25(29)27-19(2)22-9-5-7-11-24(22)32-3/h4-15,19H,16-17H2,1-3H3,(H,27,29)/t19-/m0/s1. The summed E-state index contributed by atoms with van der Waals surface area (Å²) in [6, 6.07) is 20.5. The van der Waals surface area contributed by atoms with Crippen molar-refractivity contribution < 1.29 is 17.9 Å². The van der Waals surface area contributed by atoms with Crippen molar-refractivity contribution in [2.24, 2.45) is 0 Å². The van der Waals surface area contributed by atoms with Crippen molar-refractivity contribution in [1.82, 2.24) is 9.62 Å². The summed E-state index contributed by atoms with van der Waals surface area (Å²) in [5.41, 5.74) is 2.35. The Morgan fingerprint density at radius 1 is 1.03 bits per heavy atom. The number of nitrogens with one attached hydrogen (secondary N) is 1. The van der Waals surface area contributed by atoms with Gasteiger partial charge in [-0.1, -0.05) is 65.7 Å². The Morgan fingerprint density at radius 3 is 2.33 bits per heavy atom. The number of carbonyl (C=O) groups is 1. The van der Waals surface area contributed by atoms with Crippen molar-refractivity contribution >= 4 is 27.5 Å². The molecular weight excluding hydrogens is 460 g/mol. The van der Waals surface area contributed by atoms with E-state index in [1.807, 2.05) is 38.1 Å². The fourth-order valence-corrected chi connectivity index (χ4v) is 5.02. The van der Waals surface area contributed by atoms with Gasteiger partial charge in [-0.3, -0.25) is 4.79 Å². The predicted molar refractivity (Wildman–Crippen MR) is 130 cm³/mol. The first-order valence-corrected chi connectivity index (χ1v) is 12.3. The van der Waals surface area contributed by atoms with Gasteiger partial charge in [0, 0.05) is 17.1 Å². The van der Waals surface area contributed by atoms with E-state index in [9.17, 15) is 13.2 Å². The molecule has 3 aromatic rings. The van der Waals surface area contributed by atoms with E-state index in [0.717, 1.165) is 15.4 Å². The number of halogens is 1. The number of methoxy groups -OCH3 is 1. The number of nitrogens with zero attached hydrogens (tertiary/aromatic N) is 1. The molecule has 33 heavy (non-hydrogen) atoms. The SMILES string of the molecule is COc1ccccc1[C@H](C)NC(=O)CN(Cc1ccccc1Cl)S(=O)(=O)c1ccc(C)cc1. The zero-order valence-electron chi connectivity index (χ0n) is 18.8. The number of para-hydroxylation sites is 1. The van der Waals surface area contributed by atoms with Gasteiger partial charge in [-0.05, 0) is 43.7 Å². The maximum Gasteiger partial charge on any atom is 0.243 e. The number of carbonyl (C=O) groups excluding carboxylic acids is 1. The highest BCUT2D eigenvalue weighted by Gasteiger charge is 2.28. The minimum Gasteiger partial charge on any atom is -0.496 e. The van der Waals surface area contributed by atoms with Gasteiger partial charge in [0.05, 0.1) is 24.6 Å². The Hall–Kier alpha value is -2.87. The molecule has 0 saturated carbocycles. The van der Waals surface area contributed by atoms with Crippen molar-refractivity contribution in [2.45, 2.75) is 31.3 Å². The Morgan fingerprint density at radius 2 is 1.67 bits per heavy atom. The number of benzene rings is 3. The molecule has 1 amide bonds. The molecule has 0 saturated heterocycles. The van der Waals surface area contributed by atoms with Crippen LogP contribution in [0.4, 0.5) is 0 Å². The van der Waals surface area contributed by atoms with Crippen LogP contribution in [0.1, 0.15) is 29.7 Å². The van der Waals surface area contributed by atoms with Crippen molar-refractivity contribution in [1.29, 1.82) is 0 Å². The van der Waals surface area contributed by atoms with Crippen molar-refractivity contribution in [3.63, 3.8) is 0 Å². The number of sulfonamides is 1. The van der Waals surface area contributed by atoms with Gasteiger partial charge in [0.25, 0.3) is 0 Å². The molecule has 0 fully saturated rings. The molecule has 0 radical (unpaired) electrons. The van der Waals surface area contributed by atoms with Crippen LogP contribution in [0.25, 0.3) is 0 Å². The smallest absolute Gasteiger partial charge is 0.243 e. The average molecular weight is 487 g/mol. The maximum absolute atomic E-state index is 13.4. The van der Waals surface area contributed by atoms with Crippen LogP contribution >= 0.6 is 11.6 Å². The van der Waals surface area contributed by atoms with Crippen LogP contribution in [-0.2, 0) is 21.4 Å². The molecular formula is C25H27ClN2O4S. The maximum atomic E-state index is 13.4. The molecule has 6 nitrogen and oxygen atoms in total. The highest BCUT2D eigenvalue weighted by molar-refractivity contribution is 7.89. The summed E-state index contributed by atoms with van der Waals surface area (Å²) in [5, 5.41) is 3.31. The van der Waals surface area contributed by atoms with Crippen LogP contribution in [0.5, 0.6) is 5.75 Å². The van der Waals surface area contributed by atoms with Crippen LogP contribution in [0.2, 0.25) is 5.02 Å². The zero-order valence-corrected chi connectivity index (χ0v) is 20.4. The summed E-state index contributed by atoms with van der Waals surface area (Å²) >= 11 is 6.28. The van der Waals surface area contributed by atoms with E-state index in [-0.39, 0.29) is 24.0 Å². The summed E-state index contributed by atoms with van der Waals surface area (Å²) in [6.45, 7) is 3.31. The van der Waals surface area contributed by atoms with Gasteiger partial charge in [0.15, 0.2) is 0 Å². The molecule has 3 aromatic carbocycles. The molecule has 8 heteroatoms. The minimum absolute atomic E-state index is 0.0354. The molecule has 0 aliphatic heterocycles. The third-order valence-electron chi connectivity index (χ3n) is 5.27. The monoisotopic (exact) mass is 486 g/mol. The molecule has 0 aromatic heterocycles. The molecule has 0 aliphatic rings. The van der Waals surface area contributed by atoms with E-state index in [2.05, 4.69) is 5.32 Å². The van der Waals surface area contributed by atoms with Crippen molar-refractivity contribution in [2.75, 3.05) is 13.7 Å². The summed E-state index contributed by atoms with van der Waals surface area (Å²) in [4.78, 5) is 13.1. The highest BCUT2D eigenvalue weighted by atomic mass is 35.5. The predicted octanol–water partition coefficient (Wildman–Crippen LogP) is 4.73. The Labute approximate surface area is 200 Å². The largest absolute Gasteiger partial charge is 0.496 e. The Kier molecular flexibility index (Phi) is 8.13. The number of hydrogen-bond donors (Lipinski definition) is 1. The van der Waals surface area contributed by atoms with Crippen LogP contribution in [0.3, 0.4) is 0 Å².